The maximum Gasteiger partial charge on any atom is 0.255 e. The Kier molecular flexibility index (Phi) is 4.28. The van der Waals surface area contributed by atoms with Gasteiger partial charge in [0.1, 0.15) is 11.4 Å². The van der Waals surface area contributed by atoms with E-state index in [9.17, 15) is 4.79 Å². The van der Waals surface area contributed by atoms with E-state index < -0.39 is 5.60 Å². The molecular formula is C15H23N5O2. The van der Waals surface area contributed by atoms with Gasteiger partial charge in [-0.25, -0.2) is 10.8 Å². The Balaban J connectivity index is 1.78. The molecular weight excluding hydrogens is 282 g/mol. The van der Waals surface area contributed by atoms with E-state index in [0.717, 1.165) is 31.5 Å². The lowest BCUT2D eigenvalue weighted by Gasteiger charge is -2.45. The van der Waals surface area contributed by atoms with Crippen LogP contribution in [0.5, 0.6) is 0 Å². The molecule has 2 fully saturated rings. The summed E-state index contributed by atoms with van der Waals surface area (Å²) in [6.07, 6.45) is 3.24. The van der Waals surface area contributed by atoms with Gasteiger partial charge in [0.25, 0.3) is 5.91 Å². The zero-order valence-electron chi connectivity index (χ0n) is 12.8. The molecule has 22 heavy (non-hydrogen) atoms. The Morgan fingerprint density at radius 2 is 2.23 bits per heavy atom. The van der Waals surface area contributed by atoms with E-state index in [1.807, 2.05) is 24.0 Å². The first-order valence-electron chi connectivity index (χ1n) is 7.75. The maximum absolute atomic E-state index is 13.0. The monoisotopic (exact) mass is 305 g/mol. The summed E-state index contributed by atoms with van der Waals surface area (Å²) in [7, 11) is 0. The fourth-order valence-corrected chi connectivity index (χ4v) is 3.24. The van der Waals surface area contributed by atoms with Gasteiger partial charge < -0.3 is 20.4 Å². The molecule has 0 bridgehead atoms. The van der Waals surface area contributed by atoms with Crippen molar-refractivity contribution >= 4 is 11.7 Å². The number of morpholine rings is 1. The van der Waals surface area contributed by atoms with Crippen molar-refractivity contribution in [1.29, 1.82) is 0 Å². The third-order valence-electron chi connectivity index (χ3n) is 4.66. The highest BCUT2D eigenvalue weighted by atomic mass is 16.5. The number of pyridine rings is 1. The number of hydrogen-bond acceptors (Lipinski definition) is 6. The van der Waals surface area contributed by atoms with Crippen LogP contribution in [0.2, 0.25) is 0 Å². The van der Waals surface area contributed by atoms with Crippen LogP contribution in [0.15, 0.2) is 18.3 Å². The van der Waals surface area contributed by atoms with E-state index >= 15 is 0 Å². The van der Waals surface area contributed by atoms with Gasteiger partial charge >= 0.3 is 0 Å². The molecule has 4 N–H and O–H groups in total. The third-order valence-corrected chi connectivity index (χ3v) is 4.66. The predicted molar refractivity (Wildman–Crippen MR) is 83.0 cm³/mol. The van der Waals surface area contributed by atoms with Crippen molar-refractivity contribution in [2.45, 2.75) is 31.4 Å². The summed E-state index contributed by atoms with van der Waals surface area (Å²) in [6, 6.07) is 3.74. The quantitative estimate of drug-likeness (QED) is 0.553. The molecule has 7 heteroatoms. The van der Waals surface area contributed by atoms with Gasteiger partial charge in [0, 0.05) is 12.7 Å². The van der Waals surface area contributed by atoms with Gasteiger partial charge in [-0.2, -0.15) is 0 Å². The number of anilines is 1. The Morgan fingerprint density at radius 1 is 1.45 bits per heavy atom. The van der Waals surface area contributed by atoms with Crippen LogP contribution in [0, 0.1) is 0 Å². The molecule has 1 aromatic rings. The highest BCUT2D eigenvalue weighted by molar-refractivity contribution is 5.86. The molecule has 3 heterocycles. The van der Waals surface area contributed by atoms with Crippen LogP contribution in [-0.4, -0.2) is 47.6 Å². The summed E-state index contributed by atoms with van der Waals surface area (Å²) >= 11 is 0. The largest absolute Gasteiger partial charge is 0.363 e. The molecule has 0 aromatic carbocycles. The lowest BCUT2D eigenvalue weighted by molar-refractivity contribution is -0.179. The lowest BCUT2D eigenvalue weighted by atomic mass is 9.88. The Morgan fingerprint density at radius 3 is 2.86 bits per heavy atom. The van der Waals surface area contributed by atoms with Gasteiger partial charge in [0.05, 0.1) is 12.6 Å². The first kappa shape index (κ1) is 15.2. The molecule has 1 spiro atoms. The van der Waals surface area contributed by atoms with Crippen molar-refractivity contribution in [1.82, 2.24) is 15.2 Å². The Labute approximate surface area is 130 Å². The molecule has 0 saturated carbocycles. The zero-order valence-corrected chi connectivity index (χ0v) is 12.8. The fourth-order valence-electron chi connectivity index (χ4n) is 3.24. The van der Waals surface area contributed by atoms with Gasteiger partial charge in [0.15, 0.2) is 0 Å². The number of carbonyl (C=O) groups is 1. The fraction of sp³-hybridized carbons (Fsp3) is 0.600. The van der Waals surface area contributed by atoms with Crippen molar-refractivity contribution < 1.29 is 9.53 Å². The number of piperidine rings is 1. The number of aromatic nitrogens is 1. The molecule has 0 unspecified atom stereocenters. The van der Waals surface area contributed by atoms with Crippen molar-refractivity contribution in [2.24, 2.45) is 5.84 Å². The predicted octanol–water partition coefficient (Wildman–Crippen LogP) is 0.409. The van der Waals surface area contributed by atoms with Crippen molar-refractivity contribution in [2.75, 3.05) is 31.7 Å². The van der Waals surface area contributed by atoms with Crippen LogP contribution in [0.1, 0.15) is 31.4 Å². The highest BCUT2D eigenvalue weighted by Crippen LogP contribution is 2.33. The van der Waals surface area contributed by atoms with Gasteiger partial charge in [-0.05, 0) is 44.5 Å². The number of nitrogens with two attached hydrogens (primary N) is 1. The average Bonchev–Trinajstić information content (AvgIpc) is 2.58. The molecule has 1 amide bonds. The van der Waals surface area contributed by atoms with Gasteiger partial charge in [-0.15, -0.1) is 0 Å². The number of nitrogens with one attached hydrogen (secondary N) is 2. The van der Waals surface area contributed by atoms with Crippen LogP contribution < -0.4 is 16.6 Å². The number of hydrazine groups is 1. The number of nitrogen functional groups attached to an aromatic ring is 1. The highest BCUT2D eigenvalue weighted by Gasteiger charge is 2.47. The normalized spacial score (nSPS) is 22.6. The summed E-state index contributed by atoms with van der Waals surface area (Å²) < 4.78 is 5.90. The second-order valence-electron chi connectivity index (χ2n) is 5.89. The molecule has 2 saturated heterocycles. The first-order valence-corrected chi connectivity index (χ1v) is 7.75. The number of ether oxygens (including phenoxy) is 1. The van der Waals surface area contributed by atoms with Gasteiger partial charge in [-0.3, -0.25) is 4.79 Å². The second kappa shape index (κ2) is 6.20. The van der Waals surface area contributed by atoms with E-state index in [1.165, 1.54) is 0 Å². The summed E-state index contributed by atoms with van der Waals surface area (Å²) in [4.78, 5) is 19.1. The SMILES string of the molecule is C[C@@H](c1ccc(NN)nc1)N1CCOC2(CCNCC2)C1=O. The molecule has 2 aliphatic rings. The minimum Gasteiger partial charge on any atom is -0.363 e. The maximum atomic E-state index is 13.0. The van der Waals surface area contributed by atoms with Crippen LogP contribution in [0.25, 0.3) is 0 Å². The minimum atomic E-state index is -0.635. The number of hydrogen-bond donors (Lipinski definition) is 3. The standard InChI is InChI=1S/C15H23N5O2/c1-11(12-2-3-13(19-16)18-10-12)20-8-9-22-15(14(20)21)4-6-17-7-5-15/h2-3,10-11,17H,4-9,16H2,1H3,(H,18,19)/t11-/m0/s1. The van der Waals surface area contributed by atoms with Crippen LogP contribution in [-0.2, 0) is 9.53 Å². The summed E-state index contributed by atoms with van der Waals surface area (Å²) in [5.74, 6) is 6.05. The van der Waals surface area contributed by atoms with E-state index in [0.29, 0.717) is 19.0 Å². The summed E-state index contributed by atoms with van der Waals surface area (Å²) in [5, 5.41) is 3.29. The van der Waals surface area contributed by atoms with E-state index in [4.69, 9.17) is 10.6 Å². The van der Waals surface area contributed by atoms with Crippen molar-refractivity contribution in [3.63, 3.8) is 0 Å². The molecule has 3 rings (SSSR count). The molecule has 1 aromatic heterocycles. The number of rotatable bonds is 3. The molecule has 1 atom stereocenters. The smallest absolute Gasteiger partial charge is 0.255 e. The van der Waals surface area contributed by atoms with Gasteiger partial charge in [0.2, 0.25) is 0 Å². The first-order chi connectivity index (χ1) is 10.7. The van der Waals surface area contributed by atoms with E-state index in [-0.39, 0.29) is 11.9 Å². The Hall–Kier alpha value is -1.70. The summed E-state index contributed by atoms with van der Waals surface area (Å²) in [6.45, 7) is 4.89. The van der Waals surface area contributed by atoms with Gasteiger partial charge in [-0.1, -0.05) is 6.07 Å². The average molecular weight is 305 g/mol. The molecule has 120 valence electrons. The minimum absolute atomic E-state index is 0.0255. The molecule has 0 aliphatic carbocycles. The molecule has 2 aliphatic heterocycles. The second-order valence-corrected chi connectivity index (χ2v) is 5.89. The Bertz CT molecular complexity index is 522. The number of carbonyl (C=O) groups excluding carboxylic acids is 1. The topological polar surface area (TPSA) is 92.5 Å². The van der Waals surface area contributed by atoms with E-state index in [2.05, 4.69) is 15.7 Å². The van der Waals surface area contributed by atoms with E-state index in [1.54, 1.807) is 6.20 Å². The van der Waals surface area contributed by atoms with Crippen LogP contribution >= 0.6 is 0 Å². The number of nitrogens with zero attached hydrogens (tertiary/aromatic N) is 2. The van der Waals surface area contributed by atoms with Crippen molar-refractivity contribution in [3.8, 4) is 0 Å². The van der Waals surface area contributed by atoms with Crippen molar-refractivity contribution in [3.05, 3.63) is 23.9 Å². The third kappa shape index (κ3) is 2.67. The molecule has 0 radical (unpaired) electrons. The molecule has 7 nitrogen and oxygen atoms in total. The van der Waals surface area contributed by atoms with Crippen LogP contribution in [0.3, 0.4) is 0 Å². The lowest BCUT2D eigenvalue weighted by Crippen LogP contribution is -2.60. The number of amides is 1. The van der Waals surface area contributed by atoms with Crippen LogP contribution in [0.4, 0.5) is 5.82 Å². The zero-order chi connectivity index (χ0) is 15.6. The summed E-state index contributed by atoms with van der Waals surface area (Å²) in [5.41, 5.74) is 2.87.